The highest BCUT2D eigenvalue weighted by atomic mass is 16.2. The van der Waals surface area contributed by atoms with Crippen molar-refractivity contribution >= 4 is 5.91 Å². The molecule has 1 rings (SSSR count). The average molecular weight is 192 g/mol. The van der Waals surface area contributed by atoms with E-state index in [1.165, 1.54) is 0 Å². The Hall–Kier alpha value is -1.39. The highest BCUT2D eigenvalue weighted by Gasteiger charge is 2.08. The van der Waals surface area contributed by atoms with Crippen LogP contribution in [-0.4, -0.2) is 11.9 Å². The Morgan fingerprint density at radius 1 is 1.64 bits per heavy atom. The van der Waals surface area contributed by atoms with Gasteiger partial charge in [0.1, 0.15) is 0 Å². The van der Waals surface area contributed by atoms with E-state index >= 15 is 0 Å². The van der Waals surface area contributed by atoms with Gasteiger partial charge in [0.2, 0.25) is 5.91 Å². The summed E-state index contributed by atoms with van der Waals surface area (Å²) in [6.45, 7) is 2.18. The van der Waals surface area contributed by atoms with E-state index in [4.69, 9.17) is 5.84 Å². The fourth-order valence-electron chi connectivity index (χ4n) is 0.952. The third kappa shape index (κ3) is 3.16. The van der Waals surface area contributed by atoms with Crippen LogP contribution in [0.25, 0.3) is 0 Å². The van der Waals surface area contributed by atoms with Gasteiger partial charge in [-0.05, 0) is 18.6 Å². The second kappa shape index (κ2) is 5.36. The molecule has 1 radical (unpaired) electrons. The molecule has 14 heavy (non-hydrogen) atoms. The molecule has 0 heterocycles. The SMILES string of the molecule is CC(NN)C(=O)NCc1[c]cccc1. The Morgan fingerprint density at radius 2 is 2.43 bits per heavy atom. The molecule has 75 valence electrons. The molecule has 0 aliphatic rings. The van der Waals surface area contributed by atoms with Crippen molar-refractivity contribution in [3.05, 3.63) is 35.9 Å². The van der Waals surface area contributed by atoms with Gasteiger partial charge < -0.3 is 5.32 Å². The van der Waals surface area contributed by atoms with Gasteiger partial charge in [-0.2, -0.15) is 0 Å². The number of hydrogen-bond donors (Lipinski definition) is 3. The van der Waals surface area contributed by atoms with Crippen molar-refractivity contribution < 1.29 is 4.79 Å². The summed E-state index contributed by atoms with van der Waals surface area (Å²) in [6, 6.07) is 10.1. The van der Waals surface area contributed by atoms with Crippen molar-refractivity contribution in [2.45, 2.75) is 19.5 Å². The van der Waals surface area contributed by atoms with Gasteiger partial charge in [0, 0.05) is 6.54 Å². The number of carbonyl (C=O) groups excluding carboxylic acids is 1. The second-order valence-electron chi connectivity index (χ2n) is 2.99. The Labute approximate surface area is 83.5 Å². The second-order valence-corrected chi connectivity index (χ2v) is 2.99. The number of nitrogens with two attached hydrogens (primary N) is 1. The number of carbonyl (C=O) groups is 1. The molecule has 0 spiro atoms. The lowest BCUT2D eigenvalue weighted by atomic mass is 10.2. The molecule has 4 N–H and O–H groups in total. The van der Waals surface area contributed by atoms with Crippen LogP contribution in [0.3, 0.4) is 0 Å². The van der Waals surface area contributed by atoms with Gasteiger partial charge in [-0.1, -0.05) is 24.3 Å². The molecule has 4 nitrogen and oxygen atoms in total. The molecule has 0 saturated carbocycles. The normalized spacial score (nSPS) is 12.1. The highest BCUT2D eigenvalue weighted by molar-refractivity contribution is 5.81. The minimum absolute atomic E-state index is 0.121. The van der Waals surface area contributed by atoms with Crippen molar-refractivity contribution in [2.75, 3.05) is 0 Å². The molecule has 0 fully saturated rings. The van der Waals surface area contributed by atoms with Gasteiger partial charge in [0.25, 0.3) is 0 Å². The molecule has 1 amide bonds. The van der Waals surface area contributed by atoms with E-state index < -0.39 is 0 Å². The van der Waals surface area contributed by atoms with E-state index in [9.17, 15) is 4.79 Å². The molecule has 1 aromatic carbocycles. The largest absolute Gasteiger partial charge is 0.351 e. The lowest BCUT2D eigenvalue weighted by Crippen LogP contribution is -2.45. The summed E-state index contributed by atoms with van der Waals surface area (Å²) in [7, 11) is 0. The van der Waals surface area contributed by atoms with Crippen LogP contribution in [0.4, 0.5) is 0 Å². The topological polar surface area (TPSA) is 67.1 Å². The molecule has 0 aliphatic carbocycles. The lowest BCUT2D eigenvalue weighted by molar-refractivity contribution is -0.122. The zero-order valence-corrected chi connectivity index (χ0v) is 8.08. The summed E-state index contributed by atoms with van der Waals surface area (Å²) in [5.41, 5.74) is 3.33. The van der Waals surface area contributed by atoms with Gasteiger partial charge in [-0.15, -0.1) is 0 Å². The minimum atomic E-state index is -0.376. The molecule has 0 bridgehead atoms. The van der Waals surface area contributed by atoms with Gasteiger partial charge in [-0.3, -0.25) is 10.6 Å². The molecule has 1 aromatic rings. The molecule has 0 saturated heterocycles. The van der Waals surface area contributed by atoms with Crippen LogP contribution in [-0.2, 0) is 11.3 Å². The Morgan fingerprint density at radius 3 is 3.00 bits per heavy atom. The first-order valence-electron chi connectivity index (χ1n) is 4.43. The van der Waals surface area contributed by atoms with Crippen LogP contribution in [0, 0.1) is 6.07 Å². The quantitative estimate of drug-likeness (QED) is 0.463. The number of hydrogen-bond acceptors (Lipinski definition) is 3. The maximum atomic E-state index is 11.3. The fraction of sp³-hybridized carbons (Fsp3) is 0.300. The van der Waals surface area contributed by atoms with Crippen LogP contribution < -0.4 is 16.6 Å². The van der Waals surface area contributed by atoms with E-state index in [-0.39, 0.29) is 11.9 Å². The van der Waals surface area contributed by atoms with Gasteiger partial charge in [-0.25, -0.2) is 5.43 Å². The molecule has 1 atom stereocenters. The summed E-state index contributed by atoms with van der Waals surface area (Å²) in [6.07, 6.45) is 0. The van der Waals surface area contributed by atoms with Crippen LogP contribution in [0.2, 0.25) is 0 Å². The third-order valence-corrected chi connectivity index (χ3v) is 1.87. The summed E-state index contributed by atoms with van der Waals surface area (Å²) in [4.78, 5) is 11.3. The molecular weight excluding hydrogens is 178 g/mol. The van der Waals surface area contributed by atoms with E-state index in [1.807, 2.05) is 24.3 Å². The van der Waals surface area contributed by atoms with E-state index in [2.05, 4.69) is 16.8 Å². The number of benzene rings is 1. The van der Waals surface area contributed by atoms with Crippen molar-refractivity contribution in [1.29, 1.82) is 0 Å². The lowest BCUT2D eigenvalue weighted by Gasteiger charge is -2.10. The first kappa shape index (κ1) is 10.7. The number of nitrogens with one attached hydrogen (secondary N) is 2. The summed E-state index contributed by atoms with van der Waals surface area (Å²) >= 11 is 0. The molecular formula is C10H14N3O. The molecule has 1 unspecified atom stereocenters. The first-order chi connectivity index (χ1) is 6.74. The number of amides is 1. The average Bonchev–Trinajstić information content (AvgIpc) is 2.26. The maximum Gasteiger partial charge on any atom is 0.238 e. The number of rotatable bonds is 4. The van der Waals surface area contributed by atoms with Gasteiger partial charge >= 0.3 is 0 Å². The van der Waals surface area contributed by atoms with Crippen molar-refractivity contribution in [2.24, 2.45) is 5.84 Å². The monoisotopic (exact) mass is 192 g/mol. The van der Waals surface area contributed by atoms with E-state index in [0.29, 0.717) is 6.54 Å². The minimum Gasteiger partial charge on any atom is -0.351 e. The molecule has 4 heteroatoms. The van der Waals surface area contributed by atoms with Crippen LogP contribution in [0.5, 0.6) is 0 Å². The van der Waals surface area contributed by atoms with Gasteiger partial charge in [0.15, 0.2) is 0 Å². The smallest absolute Gasteiger partial charge is 0.238 e. The summed E-state index contributed by atoms with van der Waals surface area (Å²) in [5, 5.41) is 2.74. The third-order valence-electron chi connectivity index (χ3n) is 1.87. The highest BCUT2D eigenvalue weighted by Crippen LogP contribution is 1.96. The number of hydrazine groups is 1. The Bertz CT molecular complexity index is 287. The van der Waals surface area contributed by atoms with E-state index in [0.717, 1.165) is 5.56 Å². The van der Waals surface area contributed by atoms with Crippen molar-refractivity contribution in [3.8, 4) is 0 Å². The molecule has 0 aliphatic heterocycles. The zero-order chi connectivity index (χ0) is 10.4. The van der Waals surface area contributed by atoms with Crippen molar-refractivity contribution in [3.63, 3.8) is 0 Å². The van der Waals surface area contributed by atoms with Crippen LogP contribution in [0.15, 0.2) is 24.3 Å². The predicted octanol–water partition coefficient (Wildman–Crippen LogP) is -0.0452. The van der Waals surface area contributed by atoms with Crippen LogP contribution in [0.1, 0.15) is 12.5 Å². The maximum absolute atomic E-state index is 11.3. The Balaban J connectivity index is 2.38. The van der Waals surface area contributed by atoms with Crippen molar-refractivity contribution in [1.82, 2.24) is 10.7 Å². The summed E-state index contributed by atoms with van der Waals surface area (Å²) in [5.74, 6) is 5.00. The summed E-state index contributed by atoms with van der Waals surface area (Å²) < 4.78 is 0. The zero-order valence-electron chi connectivity index (χ0n) is 8.08. The predicted molar refractivity (Wildman–Crippen MR) is 53.9 cm³/mol. The fourth-order valence-corrected chi connectivity index (χ4v) is 0.952. The standard InChI is InChI=1S/C10H14N3O/c1-8(13-11)10(14)12-7-9-5-3-2-4-6-9/h2-5,8,13H,7,11H2,1H3,(H,12,14). The first-order valence-corrected chi connectivity index (χ1v) is 4.43. The Kier molecular flexibility index (Phi) is 4.10. The van der Waals surface area contributed by atoms with E-state index in [1.54, 1.807) is 6.92 Å². The van der Waals surface area contributed by atoms with Gasteiger partial charge in [0.05, 0.1) is 6.04 Å². The molecule has 0 aromatic heterocycles. The van der Waals surface area contributed by atoms with Crippen LogP contribution >= 0.6 is 0 Å².